The summed E-state index contributed by atoms with van der Waals surface area (Å²) < 4.78 is 12.5. The van der Waals surface area contributed by atoms with Crippen molar-refractivity contribution in [3.05, 3.63) is 152 Å². The maximum atomic E-state index is 6.40. The third kappa shape index (κ3) is 4.29. The second-order valence-corrected chi connectivity index (χ2v) is 12.0. The van der Waals surface area contributed by atoms with Gasteiger partial charge in [0.2, 0.25) is 0 Å². The van der Waals surface area contributed by atoms with Gasteiger partial charge in [0.25, 0.3) is 0 Å². The summed E-state index contributed by atoms with van der Waals surface area (Å²) in [6.07, 6.45) is 0. The number of furan rings is 2. The second kappa shape index (κ2) is 10.5. The normalized spacial score (nSPS) is 11.8. The van der Waals surface area contributed by atoms with Crippen molar-refractivity contribution in [2.24, 2.45) is 0 Å². The molecule has 0 atom stereocenters. The van der Waals surface area contributed by atoms with E-state index in [2.05, 4.69) is 91.0 Å². The molecule has 48 heavy (non-hydrogen) atoms. The average Bonchev–Trinajstić information content (AvgIpc) is 3.73. The Balaban J connectivity index is 1.18. The summed E-state index contributed by atoms with van der Waals surface area (Å²) in [5.41, 5.74) is 8.32. The van der Waals surface area contributed by atoms with E-state index in [0.29, 0.717) is 17.5 Å². The molecule has 7 aromatic carbocycles. The van der Waals surface area contributed by atoms with Crippen molar-refractivity contribution in [3.63, 3.8) is 0 Å². The van der Waals surface area contributed by atoms with Crippen LogP contribution < -0.4 is 0 Å². The number of hydrogen-bond acceptors (Lipinski definition) is 5. The summed E-state index contributed by atoms with van der Waals surface area (Å²) in [4.78, 5) is 15.2. The Morgan fingerprint density at radius 3 is 1.65 bits per heavy atom. The number of nitrogens with zero attached hydrogens (tertiary/aromatic N) is 3. The highest BCUT2D eigenvalue weighted by atomic mass is 16.3. The molecule has 10 aromatic rings. The van der Waals surface area contributed by atoms with E-state index in [1.807, 2.05) is 60.7 Å². The number of aromatic nitrogens is 3. The minimum absolute atomic E-state index is 0.592. The predicted molar refractivity (Wildman–Crippen MR) is 194 cm³/mol. The van der Waals surface area contributed by atoms with E-state index in [0.717, 1.165) is 82.5 Å². The van der Waals surface area contributed by atoms with Crippen LogP contribution in [0.4, 0.5) is 0 Å². The summed E-state index contributed by atoms with van der Waals surface area (Å²) in [6, 6.07) is 51.7. The van der Waals surface area contributed by atoms with Crippen LogP contribution in [0.3, 0.4) is 0 Å². The van der Waals surface area contributed by atoms with Crippen molar-refractivity contribution in [2.45, 2.75) is 0 Å². The molecule has 224 valence electrons. The van der Waals surface area contributed by atoms with Crippen molar-refractivity contribution >= 4 is 54.6 Å². The number of benzene rings is 7. The smallest absolute Gasteiger partial charge is 0.164 e. The molecule has 0 N–H and O–H groups in total. The average molecular weight is 616 g/mol. The molecule has 0 saturated carbocycles. The molecule has 0 aliphatic heterocycles. The molecule has 0 unspecified atom stereocenters. The van der Waals surface area contributed by atoms with E-state index < -0.39 is 0 Å². The molecule has 3 aromatic heterocycles. The molecule has 0 radical (unpaired) electrons. The highest BCUT2D eigenvalue weighted by molar-refractivity contribution is 6.15. The first-order valence-corrected chi connectivity index (χ1v) is 15.9. The van der Waals surface area contributed by atoms with Gasteiger partial charge >= 0.3 is 0 Å². The molecule has 0 aliphatic rings. The lowest BCUT2D eigenvalue weighted by atomic mass is 10.0. The standard InChI is InChI=1S/C43H25N3O2/c1-2-9-26(10-3-1)28-12-8-13-29(23-28)41-44-42(30-18-21-38-35(24-30)33-15-6-7-16-37(33)47-38)46-43(45-41)31-19-22-39-36(25-31)34-20-17-27-11-4-5-14-32(27)40(34)48-39/h1-25H. The summed E-state index contributed by atoms with van der Waals surface area (Å²) in [7, 11) is 0. The van der Waals surface area contributed by atoms with Gasteiger partial charge in [-0.1, -0.05) is 97.1 Å². The number of para-hydroxylation sites is 1. The molecule has 5 nitrogen and oxygen atoms in total. The third-order valence-corrected chi connectivity index (χ3v) is 9.12. The van der Waals surface area contributed by atoms with Gasteiger partial charge in [-0.25, -0.2) is 15.0 Å². The summed E-state index contributed by atoms with van der Waals surface area (Å²) >= 11 is 0. The number of rotatable bonds is 4. The molecule has 3 heterocycles. The summed E-state index contributed by atoms with van der Waals surface area (Å²) in [6.45, 7) is 0. The van der Waals surface area contributed by atoms with Crippen LogP contribution in [-0.4, -0.2) is 15.0 Å². The molecule has 0 saturated heterocycles. The van der Waals surface area contributed by atoms with Crippen LogP contribution in [0.5, 0.6) is 0 Å². The fraction of sp³-hybridized carbons (Fsp3) is 0. The van der Waals surface area contributed by atoms with Gasteiger partial charge < -0.3 is 8.83 Å². The van der Waals surface area contributed by atoms with Gasteiger partial charge in [0, 0.05) is 43.6 Å². The third-order valence-electron chi connectivity index (χ3n) is 9.12. The maximum Gasteiger partial charge on any atom is 0.164 e. The zero-order chi connectivity index (χ0) is 31.6. The van der Waals surface area contributed by atoms with E-state index in [4.69, 9.17) is 23.8 Å². The Morgan fingerprint density at radius 1 is 0.312 bits per heavy atom. The van der Waals surface area contributed by atoms with Gasteiger partial charge in [0.1, 0.15) is 22.3 Å². The lowest BCUT2D eigenvalue weighted by molar-refractivity contribution is 0.669. The van der Waals surface area contributed by atoms with Gasteiger partial charge in [0.05, 0.1) is 0 Å². The summed E-state index contributed by atoms with van der Waals surface area (Å²) in [5, 5.41) is 6.41. The van der Waals surface area contributed by atoms with Gasteiger partial charge in [-0.2, -0.15) is 0 Å². The molecule has 0 bridgehead atoms. The largest absolute Gasteiger partial charge is 0.456 e. The highest BCUT2D eigenvalue weighted by Gasteiger charge is 2.17. The van der Waals surface area contributed by atoms with Crippen LogP contribution in [0, 0.1) is 0 Å². The Bertz CT molecular complexity index is 2850. The lowest BCUT2D eigenvalue weighted by Gasteiger charge is -2.10. The van der Waals surface area contributed by atoms with E-state index in [-0.39, 0.29) is 0 Å². The zero-order valence-corrected chi connectivity index (χ0v) is 25.6. The molecular weight excluding hydrogens is 590 g/mol. The first-order valence-electron chi connectivity index (χ1n) is 15.9. The minimum atomic E-state index is 0.592. The topological polar surface area (TPSA) is 65.0 Å². The summed E-state index contributed by atoms with van der Waals surface area (Å²) in [5.74, 6) is 1.79. The van der Waals surface area contributed by atoms with E-state index in [1.165, 1.54) is 0 Å². The monoisotopic (exact) mass is 615 g/mol. The zero-order valence-electron chi connectivity index (χ0n) is 25.6. The number of fused-ring (bicyclic) bond motifs is 8. The van der Waals surface area contributed by atoms with Crippen molar-refractivity contribution in [1.82, 2.24) is 15.0 Å². The van der Waals surface area contributed by atoms with Crippen molar-refractivity contribution < 1.29 is 8.83 Å². The second-order valence-electron chi connectivity index (χ2n) is 12.0. The van der Waals surface area contributed by atoms with Crippen LogP contribution in [0.2, 0.25) is 0 Å². The van der Waals surface area contributed by atoms with E-state index in [9.17, 15) is 0 Å². The van der Waals surface area contributed by atoms with Gasteiger partial charge in [-0.3, -0.25) is 0 Å². The highest BCUT2D eigenvalue weighted by Crippen LogP contribution is 2.37. The van der Waals surface area contributed by atoms with Crippen LogP contribution in [0.25, 0.3) is 99.9 Å². The first-order chi connectivity index (χ1) is 23.7. The molecule has 0 fully saturated rings. The predicted octanol–water partition coefficient (Wildman–Crippen LogP) is 11.5. The Morgan fingerprint density at radius 2 is 0.875 bits per heavy atom. The molecule has 5 heteroatoms. The molecule has 0 aliphatic carbocycles. The van der Waals surface area contributed by atoms with Crippen molar-refractivity contribution in [2.75, 3.05) is 0 Å². The molecular formula is C43H25N3O2. The van der Waals surface area contributed by atoms with Gasteiger partial charge in [-0.15, -0.1) is 0 Å². The molecule has 10 rings (SSSR count). The van der Waals surface area contributed by atoms with Crippen molar-refractivity contribution in [1.29, 1.82) is 0 Å². The van der Waals surface area contributed by atoms with Crippen molar-refractivity contribution in [3.8, 4) is 45.3 Å². The van der Waals surface area contributed by atoms with Crippen LogP contribution in [0.1, 0.15) is 0 Å². The maximum absolute atomic E-state index is 6.40. The van der Waals surface area contributed by atoms with E-state index in [1.54, 1.807) is 0 Å². The SMILES string of the molecule is c1ccc(-c2cccc(-c3nc(-c4ccc5oc6ccccc6c5c4)nc(-c4ccc5oc6c7ccccc7ccc6c5c4)n3)c2)cc1. The van der Waals surface area contributed by atoms with Gasteiger partial charge in [-0.05, 0) is 71.1 Å². The molecule has 0 spiro atoms. The fourth-order valence-electron chi connectivity index (χ4n) is 6.74. The van der Waals surface area contributed by atoms with Crippen LogP contribution in [0.15, 0.2) is 160 Å². The molecule has 0 amide bonds. The number of hydrogen-bond donors (Lipinski definition) is 0. The quantitative estimate of drug-likeness (QED) is 0.197. The van der Waals surface area contributed by atoms with Crippen LogP contribution in [-0.2, 0) is 0 Å². The first kappa shape index (κ1) is 26.6. The lowest BCUT2D eigenvalue weighted by Crippen LogP contribution is -2.00. The Labute approximate surface area is 274 Å². The fourth-order valence-corrected chi connectivity index (χ4v) is 6.74. The Hall–Kier alpha value is -6.59. The minimum Gasteiger partial charge on any atom is -0.456 e. The van der Waals surface area contributed by atoms with E-state index >= 15 is 0 Å². The van der Waals surface area contributed by atoms with Gasteiger partial charge in [0.15, 0.2) is 17.5 Å². The Kier molecular flexibility index (Phi) is 5.81. The van der Waals surface area contributed by atoms with Crippen LogP contribution >= 0.6 is 0 Å².